The Bertz CT molecular complexity index is 505. The highest BCUT2D eigenvalue weighted by molar-refractivity contribution is 6.35. The van der Waals surface area contributed by atoms with E-state index in [9.17, 15) is 4.79 Å². The van der Waals surface area contributed by atoms with Gasteiger partial charge >= 0.3 is 0 Å². The van der Waals surface area contributed by atoms with Crippen molar-refractivity contribution in [3.63, 3.8) is 0 Å². The number of halogens is 2. The van der Waals surface area contributed by atoms with Crippen molar-refractivity contribution in [1.82, 2.24) is 10.6 Å². The van der Waals surface area contributed by atoms with Crippen LogP contribution < -0.4 is 16.4 Å². The lowest BCUT2D eigenvalue weighted by Crippen LogP contribution is -2.35. The third kappa shape index (κ3) is 5.67. The van der Waals surface area contributed by atoms with Crippen molar-refractivity contribution in [3.05, 3.63) is 33.8 Å². The number of hydrogen-bond donors (Lipinski definition) is 3. The second kappa shape index (κ2) is 7.97. The van der Waals surface area contributed by atoms with Gasteiger partial charge in [-0.1, -0.05) is 29.3 Å². The highest BCUT2D eigenvalue weighted by Gasteiger charge is 2.10. The van der Waals surface area contributed by atoms with E-state index < -0.39 is 0 Å². The number of nitrogens with zero attached hydrogens (tertiary/aromatic N) is 1. The van der Waals surface area contributed by atoms with Gasteiger partial charge in [0.15, 0.2) is 5.96 Å². The summed E-state index contributed by atoms with van der Waals surface area (Å²) in [6.07, 6.45) is 0. The average Bonchev–Trinajstić information content (AvgIpc) is 2.34. The second-order valence-electron chi connectivity index (χ2n) is 4.28. The van der Waals surface area contributed by atoms with Crippen molar-refractivity contribution in [2.75, 3.05) is 13.1 Å². The molecule has 0 aromatic heterocycles. The Morgan fingerprint density at radius 2 is 2.15 bits per heavy atom. The Kier molecular flexibility index (Phi) is 6.61. The topological polar surface area (TPSA) is 79.5 Å². The Balaban J connectivity index is 2.54. The van der Waals surface area contributed by atoms with Gasteiger partial charge in [0.05, 0.1) is 12.6 Å². The quantitative estimate of drug-likeness (QED) is 0.442. The van der Waals surface area contributed by atoms with Gasteiger partial charge in [-0.15, -0.1) is 0 Å². The average molecular weight is 317 g/mol. The number of nitrogens with one attached hydrogen (secondary N) is 2. The first-order chi connectivity index (χ1) is 9.40. The van der Waals surface area contributed by atoms with Crippen LogP contribution in [-0.2, 0) is 4.79 Å². The molecule has 1 amide bonds. The fourth-order valence-electron chi connectivity index (χ4n) is 1.61. The molecule has 0 saturated carbocycles. The van der Waals surface area contributed by atoms with Crippen LogP contribution in [-0.4, -0.2) is 25.0 Å². The van der Waals surface area contributed by atoms with Gasteiger partial charge in [0.25, 0.3) is 0 Å². The molecule has 0 aliphatic carbocycles. The van der Waals surface area contributed by atoms with Crippen molar-refractivity contribution in [3.8, 4) is 0 Å². The molecule has 0 spiro atoms. The maximum atomic E-state index is 10.7. The molecule has 0 fully saturated rings. The predicted molar refractivity (Wildman–Crippen MR) is 83.2 cm³/mol. The molecule has 1 atom stereocenters. The fourth-order valence-corrected chi connectivity index (χ4v) is 2.18. The molecule has 0 heterocycles. The van der Waals surface area contributed by atoms with Crippen LogP contribution >= 0.6 is 23.2 Å². The molecule has 110 valence electrons. The molecule has 0 aliphatic heterocycles. The molecule has 7 heteroatoms. The standard InChI is InChI=1S/C13H18Cl2N4O/c1-8(11-4-3-10(14)7-12(11)15)19-13(16)18-6-5-17-9(2)20/h3-4,7-8H,5-6H2,1-2H3,(H,17,20)(H3,16,18,19). The second-order valence-corrected chi connectivity index (χ2v) is 5.13. The van der Waals surface area contributed by atoms with Gasteiger partial charge < -0.3 is 16.4 Å². The Morgan fingerprint density at radius 3 is 2.75 bits per heavy atom. The molecular formula is C13H18Cl2N4O. The molecule has 4 N–H and O–H groups in total. The summed E-state index contributed by atoms with van der Waals surface area (Å²) >= 11 is 12.0. The summed E-state index contributed by atoms with van der Waals surface area (Å²) < 4.78 is 0. The minimum absolute atomic E-state index is 0.0898. The third-order valence-electron chi connectivity index (χ3n) is 2.56. The van der Waals surface area contributed by atoms with E-state index in [1.807, 2.05) is 13.0 Å². The maximum Gasteiger partial charge on any atom is 0.216 e. The molecule has 0 saturated heterocycles. The molecule has 1 aromatic carbocycles. The van der Waals surface area contributed by atoms with Crippen molar-refractivity contribution in [1.29, 1.82) is 0 Å². The number of benzene rings is 1. The first-order valence-electron chi connectivity index (χ1n) is 6.16. The molecule has 5 nitrogen and oxygen atoms in total. The maximum absolute atomic E-state index is 10.7. The molecule has 1 aromatic rings. The first-order valence-corrected chi connectivity index (χ1v) is 6.91. The summed E-state index contributed by atoms with van der Waals surface area (Å²) in [5.74, 6) is 0.210. The van der Waals surface area contributed by atoms with E-state index in [0.29, 0.717) is 29.1 Å². The SMILES string of the molecule is CC(=O)NCCN=C(N)NC(C)c1ccc(Cl)cc1Cl. The van der Waals surface area contributed by atoms with Gasteiger partial charge in [0.2, 0.25) is 5.91 Å². The molecule has 1 unspecified atom stereocenters. The fraction of sp³-hybridized carbons (Fsp3) is 0.385. The number of hydrogen-bond acceptors (Lipinski definition) is 2. The van der Waals surface area contributed by atoms with Crippen molar-refractivity contribution < 1.29 is 4.79 Å². The van der Waals surface area contributed by atoms with E-state index in [2.05, 4.69) is 15.6 Å². The highest BCUT2D eigenvalue weighted by atomic mass is 35.5. The largest absolute Gasteiger partial charge is 0.370 e. The number of nitrogens with two attached hydrogens (primary N) is 1. The van der Waals surface area contributed by atoms with Crippen molar-refractivity contribution in [2.45, 2.75) is 19.9 Å². The smallest absolute Gasteiger partial charge is 0.216 e. The first kappa shape index (κ1) is 16.6. The summed E-state index contributed by atoms with van der Waals surface area (Å²) in [5.41, 5.74) is 6.65. The van der Waals surface area contributed by atoms with E-state index in [-0.39, 0.29) is 11.9 Å². The lowest BCUT2D eigenvalue weighted by molar-refractivity contribution is -0.118. The van der Waals surface area contributed by atoms with Gasteiger partial charge in [-0.05, 0) is 24.6 Å². The van der Waals surface area contributed by atoms with Crippen LogP contribution in [0.5, 0.6) is 0 Å². The third-order valence-corrected chi connectivity index (χ3v) is 3.12. The van der Waals surface area contributed by atoms with Crippen molar-refractivity contribution in [2.24, 2.45) is 10.7 Å². The molecule has 0 bridgehead atoms. The van der Waals surface area contributed by atoms with E-state index in [1.54, 1.807) is 12.1 Å². The molecular weight excluding hydrogens is 299 g/mol. The number of amides is 1. The number of guanidine groups is 1. The summed E-state index contributed by atoms with van der Waals surface area (Å²) in [4.78, 5) is 14.8. The van der Waals surface area contributed by atoms with Crippen LogP contribution in [0.4, 0.5) is 0 Å². The minimum Gasteiger partial charge on any atom is -0.370 e. The number of carbonyl (C=O) groups excluding carboxylic acids is 1. The zero-order chi connectivity index (χ0) is 15.1. The van der Waals surface area contributed by atoms with Crippen LogP contribution in [0.15, 0.2) is 23.2 Å². The number of rotatable bonds is 5. The van der Waals surface area contributed by atoms with Gasteiger partial charge in [0.1, 0.15) is 0 Å². The van der Waals surface area contributed by atoms with Crippen LogP contribution in [0, 0.1) is 0 Å². The Morgan fingerprint density at radius 1 is 1.45 bits per heavy atom. The van der Waals surface area contributed by atoms with Crippen LogP contribution in [0.1, 0.15) is 25.5 Å². The van der Waals surface area contributed by atoms with Gasteiger partial charge in [-0.25, -0.2) is 0 Å². The van der Waals surface area contributed by atoms with E-state index >= 15 is 0 Å². The molecule has 0 radical (unpaired) electrons. The van der Waals surface area contributed by atoms with Crippen LogP contribution in [0.3, 0.4) is 0 Å². The summed E-state index contributed by atoms with van der Waals surface area (Å²) in [6, 6.07) is 5.20. The van der Waals surface area contributed by atoms with E-state index in [4.69, 9.17) is 28.9 Å². The normalized spacial score (nSPS) is 12.9. The summed E-state index contributed by atoms with van der Waals surface area (Å²) in [5, 5.41) is 6.83. The van der Waals surface area contributed by atoms with Gasteiger partial charge in [-0.3, -0.25) is 9.79 Å². The molecule has 1 rings (SSSR count). The van der Waals surface area contributed by atoms with Crippen LogP contribution in [0.25, 0.3) is 0 Å². The Labute approximate surface area is 128 Å². The zero-order valence-corrected chi connectivity index (χ0v) is 12.9. The zero-order valence-electron chi connectivity index (χ0n) is 11.4. The number of carbonyl (C=O) groups is 1. The van der Waals surface area contributed by atoms with Gasteiger partial charge in [0, 0.05) is 23.5 Å². The van der Waals surface area contributed by atoms with E-state index in [0.717, 1.165) is 5.56 Å². The van der Waals surface area contributed by atoms with Crippen molar-refractivity contribution >= 4 is 35.1 Å². The van der Waals surface area contributed by atoms with Gasteiger partial charge in [-0.2, -0.15) is 0 Å². The monoisotopic (exact) mass is 316 g/mol. The predicted octanol–water partition coefficient (Wildman–Crippen LogP) is 2.09. The molecule has 20 heavy (non-hydrogen) atoms. The Hall–Kier alpha value is -1.46. The number of aliphatic imine (C=N–C) groups is 1. The summed E-state index contributed by atoms with van der Waals surface area (Å²) in [7, 11) is 0. The molecule has 0 aliphatic rings. The lowest BCUT2D eigenvalue weighted by atomic mass is 10.1. The minimum atomic E-state index is -0.0933. The lowest BCUT2D eigenvalue weighted by Gasteiger charge is -2.16. The van der Waals surface area contributed by atoms with E-state index in [1.165, 1.54) is 6.92 Å². The summed E-state index contributed by atoms with van der Waals surface area (Å²) in [6.45, 7) is 4.24. The highest BCUT2D eigenvalue weighted by Crippen LogP contribution is 2.25. The van der Waals surface area contributed by atoms with Crippen LogP contribution in [0.2, 0.25) is 10.0 Å².